The van der Waals surface area contributed by atoms with Gasteiger partial charge in [0.05, 0.1) is 18.5 Å². The van der Waals surface area contributed by atoms with Gasteiger partial charge in [0.1, 0.15) is 24.2 Å². The summed E-state index contributed by atoms with van der Waals surface area (Å²) in [6, 6.07) is -7.53. The normalized spacial score (nSPS) is 22.6. The molecular formula is C36H58N10O10S. The highest BCUT2D eigenvalue weighted by Gasteiger charge is 2.36. The molecule has 8 atom stereocenters. The van der Waals surface area contributed by atoms with Crippen molar-refractivity contribution in [3.8, 4) is 0 Å². The van der Waals surface area contributed by atoms with Crippen molar-refractivity contribution < 1.29 is 48.6 Å². The first-order valence-electron chi connectivity index (χ1n) is 18.9. The van der Waals surface area contributed by atoms with Gasteiger partial charge in [-0.25, -0.2) is 4.79 Å². The zero-order valence-corrected chi connectivity index (χ0v) is 33.6. The fraction of sp³-hybridized carbons (Fsp3) is 0.667. The van der Waals surface area contributed by atoms with Crippen molar-refractivity contribution in [3.63, 3.8) is 0 Å². The van der Waals surface area contributed by atoms with Crippen LogP contribution in [0.2, 0.25) is 0 Å². The number of amides is 5. The second kappa shape index (κ2) is 23.9. The summed E-state index contributed by atoms with van der Waals surface area (Å²) in [5.74, 6) is -8.79. The van der Waals surface area contributed by atoms with Crippen LogP contribution in [0.15, 0.2) is 21.8 Å². The van der Waals surface area contributed by atoms with Crippen LogP contribution >= 0.6 is 11.8 Å². The number of carbonyl (C=O) groups is 8. The molecule has 0 aromatic rings. The molecule has 8 unspecified atom stereocenters. The molecule has 0 spiro atoms. The summed E-state index contributed by atoms with van der Waals surface area (Å²) in [5, 5.41) is 32.1. The van der Waals surface area contributed by atoms with E-state index < -0.39 is 108 Å². The lowest BCUT2D eigenvalue weighted by Gasteiger charge is -2.30. The number of nitrogens with zero attached hydrogens (tertiary/aromatic N) is 2. The van der Waals surface area contributed by atoms with Crippen molar-refractivity contribution in [2.45, 2.75) is 115 Å². The van der Waals surface area contributed by atoms with Crippen molar-refractivity contribution in [3.05, 3.63) is 11.8 Å². The number of aliphatic carboxylic acids is 2. The van der Waals surface area contributed by atoms with E-state index in [1.54, 1.807) is 33.1 Å². The molecule has 0 bridgehead atoms. The highest BCUT2D eigenvalue weighted by molar-refractivity contribution is 7.99. The summed E-state index contributed by atoms with van der Waals surface area (Å²) in [6.45, 7) is 7.06. The standard InChI is InChI=1S/C36H58N10O10S/c1-5-19(4)29-34(54)44-25(14-20-8-6-11-40-20)32(52)43-24(35(55)56)10-13-57-17-26(33(53)46-29)45-30(50)21(18(2)3)15-27(47)23(9-7-12-41-36(38)39)42-31(51)22(37)16-28(48)49/h8,11,18-19,21-26,29H,5-7,9-10,12-17,37H2,1-4H3,(H,42,51)(H,43,52)(H,44,54)(H,45,50)(H,46,53)(H,48,49)(H,55,56)(H4,38,39,41). The van der Waals surface area contributed by atoms with E-state index in [9.17, 15) is 43.5 Å². The number of allylic oxidation sites excluding steroid dienone is 1. The molecule has 0 saturated carbocycles. The molecule has 21 heteroatoms. The van der Waals surface area contributed by atoms with E-state index in [-0.39, 0.29) is 56.1 Å². The van der Waals surface area contributed by atoms with E-state index in [0.717, 1.165) is 11.8 Å². The minimum Gasteiger partial charge on any atom is -0.481 e. The summed E-state index contributed by atoms with van der Waals surface area (Å²) in [4.78, 5) is 113. The van der Waals surface area contributed by atoms with Crippen molar-refractivity contribution in [2.75, 3.05) is 18.1 Å². The number of hydrogen-bond acceptors (Lipinski definition) is 12. The van der Waals surface area contributed by atoms with Gasteiger partial charge in [0, 0.05) is 49.4 Å². The minimum absolute atomic E-state index is 0.0136. The summed E-state index contributed by atoms with van der Waals surface area (Å²) in [7, 11) is 0. The summed E-state index contributed by atoms with van der Waals surface area (Å²) < 4.78 is 0. The fourth-order valence-corrected chi connectivity index (χ4v) is 6.98. The van der Waals surface area contributed by atoms with Gasteiger partial charge < -0.3 is 54.0 Å². The minimum atomic E-state index is -1.45. The molecule has 0 aliphatic carbocycles. The number of carboxylic acid groups (broad SMARTS) is 2. The first-order valence-corrected chi connectivity index (χ1v) is 20.1. The van der Waals surface area contributed by atoms with Crippen LogP contribution in [0.5, 0.6) is 0 Å². The molecule has 57 heavy (non-hydrogen) atoms. The Kier molecular flexibility index (Phi) is 20.2. The smallest absolute Gasteiger partial charge is 0.326 e. The highest BCUT2D eigenvalue weighted by Crippen LogP contribution is 2.21. The van der Waals surface area contributed by atoms with Crippen molar-refractivity contribution in [1.82, 2.24) is 26.6 Å². The SMILES string of the molecule is CCC(C)C1NC(=O)C(NC(=O)C(CC(=O)C(CCCN=C(N)N)NC(=O)C(N)CC(=O)O)C(C)C)CSCCC(C(=O)O)NC(=O)C(CC2=CCC=N2)NC1=O. The van der Waals surface area contributed by atoms with Gasteiger partial charge in [-0.05, 0) is 36.9 Å². The fourth-order valence-electron chi connectivity index (χ4n) is 5.94. The molecule has 2 aliphatic rings. The van der Waals surface area contributed by atoms with Crippen LogP contribution < -0.4 is 43.8 Å². The van der Waals surface area contributed by atoms with Gasteiger partial charge in [-0.15, -0.1) is 0 Å². The molecule has 2 rings (SSSR count). The molecule has 318 valence electrons. The predicted molar refractivity (Wildman–Crippen MR) is 213 cm³/mol. The molecule has 20 nitrogen and oxygen atoms in total. The number of ketones is 1. The Balaban J connectivity index is 2.38. The number of rotatable bonds is 19. The maximum atomic E-state index is 14.0. The van der Waals surface area contributed by atoms with Crippen LogP contribution in [0.1, 0.15) is 79.1 Å². The Labute approximate surface area is 335 Å². The third-order valence-electron chi connectivity index (χ3n) is 9.58. The lowest BCUT2D eigenvalue weighted by atomic mass is 9.87. The number of aliphatic imine (C=N–C) groups is 2. The van der Waals surface area contributed by atoms with E-state index in [4.69, 9.17) is 22.3 Å². The Hall–Kier alpha value is -5.05. The lowest BCUT2D eigenvalue weighted by Crippen LogP contribution is -2.60. The zero-order valence-electron chi connectivity index (χ0n) is 32.8. The Morgan fingerprint density at radius 3 is 2.28 bits per heavy atom. The number of hydrogen-bond donors (Lipinski definition) is 10. The molecule has 1 fully saturated rings. The zero-order chi connectivity index (χ0) is 42.8. The van der Waals surface area contributed by atoms with E-state index in [2.05, 4.69) is 36.6 Å². The molecule has 2 heterocycles. The molecule has 2 aliphatic heterocycles. The maximum absolute atomic E-state index is 14.0. The van der Waals surface area contributed by atoms with E-state index in [1.807, 2.05) is 6.92 Å². The number of Topliss-reactive ketones (excluding diaryl/α,β-unsaturated/α-hetero) is 1. The topological polar surface area (TPSA) is 340 Å². The Morgan fingerprint density at radius 2 is 1.70 bits per heavy atom. The predicted octanol–water partition coefficient (Wildman–Crippen LogP) is -1.49. The van der Waals surface area contributed by atoms with Crippen LogP contribution in [0, 0.1) is 17.8 Å². The average molecular weight is 823 g/mol. The maximum Gasteiger partial charge on any atom is 0.326 e. The van der Waals surface area contributed by atoms with Gasteiger partial charge >= 0.3 is 11.9 Å². The summed E-state index contributed by atoms with van der Waals surface area (Å²) >= 11 is 1.15. The van der Waals surface area contributed by atoms with E-state index in [1.165, 1.54) is 0 Å². The Morgan fingerprint density at radius 1 is 1.00 bits per heavy atom. The molecule has 0 aromatic carbocycles. The number of nitrogens with two attached hydrogens (primary N) is 3. The van der Waals surface area contributed by atoms with Crippen molar-refractivity contribution in [2.24, 2.45) is 44.9 Å². The van der Waals surface area contributed by atoms with Gasteiger partial charge in [0.25, 0.3) is 0 Å². The van der Waals surface area contributed by atoms with Crippen LogP contribution in [0.3, 0.4) is 0 Å². The van der Waals surface area contributed by atoms with Crippen LogP contribution in [-0.4, -0.2) is 124 Å². The average Bonchev–Trinajstić information content (AvgIpc) is 3.65. The third kappa shape index (κ3) is 16.5. The van der Waals surface area contributed by atoms with E-state index in [0.29, 0.717) is 18.5 Å². The second-order valence-electron chi connectivity index (χ2n) is 14.4. The van der Waals surface area contributed by atoms with Gasteiger partial charge in [-0.2, -0.15) is 11.8 Å². The molecule has 0 radical (unpaired) electrons. The molecule has 0 aromatic heterocycles. The van der Waals surface area contributed by atoms with Gasteiger partial charge in [-0.3, -0.25) is 43.5 Å². The van der Waals surface area contributed by atoms with Crippen LogP contribution in [-0.2, 0) is 38.4 Å². The second-order valence-corrected chi connectivity index (χ2v) is 15.6. The first-order chi connectivity index (χ1) is 26.8. The molecule has 1 saturated heterocycles. The van der Waals surface area contributed by atoms with Crippen LogP contribution in [0.4, 0.5) is 0 Å². The van der Waals surface area contributed by atoms with Gasteiger partial charge in [0.2, 0.25) is 29.5 Å². The van der Waals surface area contributed by atoms with E-state index >= 15 is 0 Å². The highest BCUT2D eigenvalue weighted by atomic mass is 32.2. The molecule has 13 N–H and O–H groups in total. The first kappa shape index (κ1) is 48.1. The Bertz CT molecular complexity index is 1570. The molecular weight excluding hydrogens is 765 g/mol. The number of carboxylic acids is 2. The third-order valence-corrected chi connectivity index (χ3v) is 10.7. The van der Waals surface area contributed by atoms with Crippen molar-refractivity contribution >= 4 is 71.2 Å². The monoisotopic (exact) mass is 822 g/mol. The van der Waals surface area contributed by atoms with Gasteiger partial charge in [-0.1, -0.05) is 40.2 Å². The largest absolute Gasteiger partial charge is 0.481 e. The summed E-state index contributed by atoms with van der Waals surface area (Å²) in [5.41, 5.74) is 17.0. The lowest BCUT2D eigenvalue weighted by molar-refractivity contribution is -0.142. The number of nitrogens with one attached hydrogen (secondary N) is 5. The number of thioether (sulfide) groups is 1. The quantitative estimate of drug-likeness (QED) is 0.0404. The number of carbonyl (C=O) groups excluding carboxylic acids is 6. The van der Waals surface area contributed by atoms with Crippen molar-refractivity contribution in [1.29, 1.82) is 0 Å². The summed E-state index contributed by atoms with van der Waals surface area (Å²) in [6.07, 6.45) is 3.56. The van der Waals surface area contributed by atoms with Crippen LogP contribution in [0.25, 0.3) is 0 Å². The van der Waals surface area contributed by atoms with Gasteiger partial charge in [0.15, 0.2) is 11.7 Å². The number of guanidine groups is 1. The molecule has 5 amide bonds.